The third-order valence-corrected chi connectivity index (χ3v) is 2.84. The average molecular weight is 277 g/mol. The van der Waals surface area contributed by atoms with Gasteiger partial charge in [0.1, 0.15) is 11.3 Å². The van der Waals surface area contributed by atoms with E-state index in [0.29, 0.717) is 36.7 Å². The zero-order chi connectivity index (χ0) is 15.0. The molecule has 20 heavy (non-hydrogen) atoms. The molecule has 108 valence electrons. The maximum Gasteiger partial charge on any atom is 0.259 e. The number of anilines is 1. The van der Waals surface area contributed by atoms with Crippen molar-refractivity contribution in [1.29, 1.82) is 5.26 Å². The summed E-state index contributed by atoms with van der Waals surface area (Å²) < 4.78 is 10.2. The first kappa shape index (κ1) is 15.8. The number of ether oxygens (including phenoxy) is 2. The largest absolute Gasteiger partial charge is 0.496 e. The topological polar surface area (TPSA) is 88.6 Å². The van der Waals surface area contributed by atoms with E-state index in [1.165, 1.54) is 7.11 Å². The molecular formula is C14H19N3O3. The molecule has 1 aromatic rings. The van der Waals surface area contributed by atoms with Crippen LogP contribution in [0.25, 0.3) is 0 Å². The highest BCUT2D eigenvalue weighted by molar-refractivity contribution is 6.01. The molecule has 0 fully saturated rings. The van der Waals surface area contributed by atoms with E-state index in [0.717, 1.165) is 0 Å². The maximum atomic E-state index is 12.6. The molecule has 1 aromatic carbocycles. The molecule has 6 heteroatoms. The van der Waals surface area contributed by atoms with Crippen LogP contribution in [0, 0.1) is 11.3 Å². The number of hydrogen-bond acceptors (Lipinski definition) is 5. The van der Waals surface area contributed by atoms with Gasteiger partial charge in [0.15, 0.2) is 0 Å². The first-order valence-electron chi connectivity index (χ1n) is 6.23. The first-order valence-corrected chi connectivity index (χ1v) is 6.23. The summed E-state index contributed by atoms with van der Waals surface area (Å²) in [7, 11) is 3.05. The lowest BCUT2D eigenvalue weighted by Crippen LogP contribution is -2.35. The van der Waals surface area contributed by atoms with Gasteiger partial charge in [-0.1, -0.05) is 6.07 Å². The molecule has 2 N–H and O–H groups in total. The van der Waals surface area contributed by atoms with Crippen LogP contribution < -0.4 is 10.5 Å². The van der Waals surface area contributed by atoms with Crippen LogP contribution in [0.15, 0.2) is 18.2 Å². The Labute approximate surface area is 118 Å². The summed E-state index contributed by atoms with van der Waals surface area (Å²) in [5, 5.41) is 8.68. The van der Waals surface area contributed by atoms with Crippen LogP contribution in [-0.4, -0.2) is 44.7 Å². The molecule has 0 radical (unpaired) electrons. The molecular weight excluding hydrogens is 258 g/mol. The number of benzene rings is 1. The molecule has 0 aliphatic rings. The lowest BCUT2D eigenvalue weighted by atomic mass is 10.1. The number of rotatable bonds is 7. The fraction of sp³-hybridized carbons (Fsp3) is 0.429. The molecule has 6 nitrogen and oxygen atoms in total. The highest BCUT2D eigenvalue weighted by atomic mass is 16.5. The summed E-state index contributed by atoms with van der Waals surface area (Å²) in [6.45, 7) is 1.12. The van der Waals surface area contributed by atoms with Gasteiger partial charge in [0.25, 0.3) is 5.91 Å². The van der Waals surface area contributed by atoms with Gasteiger partial charge in [-0.25, -0.2) is 0 Å². The zero-order valence-electron chi connectivity index (χ0n) is 11.8. The number of hydrogen-bond donors (Lipinski definition) is 1. The van der Waals surface area contributed by atoms with Gasteiger partial charge in [0.2, 0.25) is 0 Å². The monoisotopic (exact) mass is 277 g/mol. The number of nitriles is 1. The molecule has 1 rings (SSSR count). The van der Waals surface area contributed by atoms with Crippen molar-refractivity contribution < 1.29 is 14.3 Å². The van der Waals surface area contributed by atoms with Gasteiger partial charge in [-0.05, 0) is 12.1 Å². The van der Waals surface area contributed by atoms with Crippen molar-refractivity contribution in [3.05, 3.63) is 23.8 Å². The minimum atomic E-state index is -0.257. The Balaban J connectivity index is 3.02. The molecule has 0 aromatic heterocycles. The third kappa shape index (κ3) is 3.87. The van der Waals surface area contributed by atoms with E-state index in [9.17, 15) is 4.79 Å². The fourth-order valence-corrected chi connectivity index (χ4v) is 1.81. The standard InChI is InChI=1S/C14H19N3O3/c1-19-10-9-17(8-4-7-15)14(18)13-11(16)5-3-6-12(13)20-2/h3,5-6H,4,8-10,16H2,1-2H3. The molecule has 0 aliphatic carbocycles. The van der Waals surface area contributed by atoms with Gasteiger partial charge < -0.3 is 20.1 Å². The number of nitrogens with zero attached hydrogens (tertiary/aromatic N) is 2. The van der Waals surface area contributed by atoms with E-state index in [4.69, 9.17) is 20.5 Å². The van der Waals surface area contributed by atoms with Crippen LogP contribution in [0.2, 0.25) is 0 Å². The smallest absolute Gasteiger partial charge is 0.259 e. The van der Waals surface area contributed by atoms with Crippen molar-refractivity contribution in [1.82, 2.24) is 4.90 Å². The second-order valence-corrected chi connectivity index (χ2v) is 4.12. The molecule has 0 spiro atoms. The normalized spacial score (nSPS) is 9.85. The van der Waals surface area contributed by atoms with Crippen molar-refractivity contribution >= 4 is 11.6 Å². The molecule has 0 unspecified atom stereocenters. The summed E-state index contributed by atoms with van der Waals surface area (Å²) in [6.07, 6.45) is 0.254. The fourth-order valence-electron chi connectivity index (χ4n) is 1.81. The van der Waals surface area contributed by atoms with E-state index in [1.54, 1.807) is 30.2 Å². The summed E-state index contributed by atoms with van der Waals surface area (Å²) in [5.41, 5.74) is 6.55. The minimum Gasteiger partial charge on any atom is -0.496 e. The highest BCUT2D eigenvalue weighted by Gasteiger charge is 2.21. The van der Waals surface area contributed by atoms with Crippen molar-refractivity contribution in [2.75, 3.05) is 39.6 Å². The Morgan fingerprint density at radius 2 is 2.15 bits per heavy atom. The van der Waals surface area contributed by atoms with E-state index in [-0.39, 0.29) is 12.3 Å². The van der Waals surface area contributed by atoms with Crippen molar-refractivity contribution in [2.24, 2.45) is 0 Å². The van der Waals surface area contributed by atoms with Gasteiger partial charge >= 0.3 is 0 Å². The molecule has 0 aliphatic heterocycles. The molecule has 0 saturated carbocycles. The van der Waals surface area contributed by atoms with Crippen molar-refractivity contribution in [2.45, 2.75) is 6.42 Å². The van der Waals surface area contributed by atoms with Crippen LogP contribution in [0.5, 0.6) is 5.75 Å². The van der Waals surface area contributed by atoms with E-state index in [1.807, 2.05) is 6.07 Å². The van der Waals surface area contributed by atoms with E-state index < -0.39 is 0 Å². The molecule has 0 saturated heterocycles. The quantitative estimate of drug-likeness (QED) is 0.758. The maximum absolute atomic E-state index is 12.6. The van der Waals surface area contributed by atoms with Crippen LogP contribution in [-0.2, 0) is 4.74 Å². The number of nitrogens with two attached hydrogens (primary N) is 1. The summed E-state index contributed by atoms with van der Waals surface area (Å²) in [4.78, 5) is 14.1. The minimum absolute atomic E-state index is 0.254. The van der Waals surface area contributed by atoms with Crippen LogP contribution in [0.3, 0.4) is 0 Å². The number of amides is 1. The van der Waals surface area contributed by atoms with Crippen LogP contribution in [0.4, 0.5) is 5.69 Å². The van der Waals surface area contributed by atoms with Gasteiger partial charge in [0.05, 0.1) is 26.2 Å². The van der Waals surface area contributed by atoms with E-state index in [2.05, 4.69) is 0 Å². The Bertz CT molecular complexity index is 497. The Morgan fingerprint density at radius 3 is 2.75 bits per heavy atom. The summed E-state index contributed by atoms with van der Waals surface area (Å²) in [6, 6.07) is 7.08. The van der Waals surface area contributed by atoms with Gasteiger partial charge in [-0.15, -0.1) is 0 Å². The molecule has 1 amide bonds. The molecule has 0 heterocycles. The Kier molecular flexibility index (Phi) is 6.33. The van der Waals surface area contributed by atoms with Crippen LogP contribution >= 0.6 is 0 Å². The van der Waals surface area contributed by atoms with E-state index >= 15 is 0 Å². The average Bonchev–Trinajstić information content (AvgIpc) is 2.46. The number of carbonyl (C=O) groups excluding carboxylic acids is 1. The molecule has 0 atom stereocenters. The number of nitrogen functional groups attached to an aromatic ring is 1. The Morgan fingerprint density at radius 1 is 1.40 bits per heavy atom. The van der Waals surface area contributed by atoms with Gasteiger partial charge in [-0.2, -0.15) is 5.26 Å². The zero-order valence-corrected chi connectivity index (χ0v) is 11.8. The lowest BCUT2D eigenvalue weighted by molar-refractivity contribution is 0.0697. The summed E-state index contributed by atoms with van der Waals surface area (Å²) in [5.74, 6) is 0.168. The third-order valence-electron chi connectivity index (χ3n) is 2.84. The molecule has 0 bridgehead atoms. The van der Waals surface area contributed by atoms with Gasteiger partial charge in [-0.3, -0.25) is 4.79 Å². The van der Waals surface area contributed by atoms with Crippen molar-refractivity contribution in [3.8, 4) is 11.8 Å². The summed E-state index contributed by atoms with van der Waals surface area (Å²) >= 11 is 0. The van der Waals surface area contributed by atoms with Crippen molar-refractivity contribution in [3.63, 3.8) is 0 Å². The predicted molar refractivity (Wildman–Crippen MR) is 75.4 cm³/mol. The highest BCUT2D eigenvalue weighted by Crippen LogP contribution is 2.25. The first-order chi connectivity index (χ1) is 9.65. The van der Waals surface area contributed by atoms with Gasteiger partial charge in [0, 0.05) is 25.9 Å². The SMILES string of the molecule is COCCN(CCC#N)C(=O)c1c(N)cccc1OC. The lowest BCUT2D eigenvalue weighted by Gasteiger charge is -2.23. The number of carbonyl (C=O) groups is 1. The second kappa shape index (κ2) is 8.02. The Hall–Kier alpha value is -2.26. The second-order valence-electron chi connectivity index (χ2n) is 4.12. The predicted octanol–water partition coefficient (Wildman–Crippen LogP) is 1.28. The van der Waals surface area contributed by atoms with Crippen LogP contribution in [0.1, 0.15) is 16.8 Å². The number of methoxy groups -OCH3 is 2.